The summed E-state index contributed by atoms with van der Waals surface area (Å²) >= 11 is 0. The van der Waals surface area contributed by atoms with Gasteiger partial charge < -0.3 is 15.2 Å². The maximum absolute atomic E-state index is 13.6. The first-order valence-corrected chi connectivity index (χ1v) is 5.93. The van der Waals surface area contributed by atoms with Gasteiger partial charge in [0.25, 0.3) is 0 Å². The maximum Gasteiger partial charge on any atom is 0.150 e. The van der Waals surface area contributed by atoms with Crippen molar-refractivity contribution >= 4 is 5.69 Å². The van der Waals surface area contributed by atoms with Crippen LogP contribution in [-0.4, -0.2) is 30.0 Å². The first kappa shape index (κ1) is 13.7. The van der Waals surface area contributed by atoms with Crippen molar-refractivity contribution in [3.63, 3.8) is 0 Å². The number of nitriles is 1. The van der Waals surface area contributed by atoms with Gasteiger partial charge in [0.1, 0.15) is 11.3 Å². The number of nitrogens with zero attached hydrogens (tertiary/aromatic N) is 1. The molecule has 1 heterocycles. The van der Waals surface area contributed by atoms with Gasteiger partial charge in [-0.3, -0.25) is 0 Å². The SMILES string of the molecule is CC1OCCC1(O)CNc1c(F)cc(C#N)cc1F. The molecule has 0 aliphatic carbocycles. The topological polar surface area (TPSA) is 65.3 Å². The molecule has 1 aliphatic rings. The lowest BCUT2D eigenvalue weighted by Crippen LogP contribution is -2.43. The van der Waals surface area contributed by atoms with Crippen molar-refractivity contribution in [2.45, 2.75) is 25.0 Å². The Bertz CT molecular complexity index is 507. The fourth-order valence-electron chi connectivity index (χ4n) is 2.05. The van der Waals surface area contributed by atoms with Crippen LogP contribution in [0.4, 0.5) is 14.5 Å². The quantitative estimate of drug-likeness (QED) is 0.877. The van der Waals surface area contributed by atoms with Crippen LogP contribution < -0.4 is 5.32 Å². The molecular formula is C13H14F2N2O2. The number of benzene rings is 1. The number of hydrogen-bond donors (Lipinski definition) is 2. The zero-order chi connectivity index (χ0) is 14.0. The molecule has 2 rings (SSSR count). The first-order valence-electron chi connectivity index (χ1n) is 5.93. The molecule has 1 aromatic rings. The van der Waals surface area contributed by atoms with E-state index in [1.807, 2.05) is 0 Å². The maximum atomic E-state index is 13.6. The molecule has 0 bridgehead atoms. The van der Waals surface area contributed by atoms with Gasteiger partial charge in [0.05, 0.1) is 17.7 Å². The second-order valence-electron chi connectivity index (χ2n) is 4.65. The number of nitrogens with one attached hydrogen (secondary N) is 1. The Morgan fingerprint density at radius 2 is 2.16 bits per heavy atom. The highest BCUT2D eigenvalue weighted by Gasteiger charge is 2.39. The van der Waals surface area contributed by atoms with Gasteiger partial charge in [-0.2, -0.15) is 5.26 Å². The van der Waals surface area contributed by atoms with Crippen molar-refractivity contribution in [1.29, 1.82) is 5.26 Å². The summed E-state index contributed by atoms with van der Waals surface area (Å²) in [6.45, 7) is 2.10. The highest BCUT2D eigenvalue weighted by molar-refractivity contribution is 5.50. The Morgan fingerprint density at radius 3 is 2.63 bits per heavy atom. The zero-order valence-corrected chi connectivity index (χ0v) is 10.4. The van der Waals surface area contributed by atoms with Crippen LogP contribution in [0.5, 0.6) is 0 Å². The number of aliphatic hydroxyl groups is 1. The predicted molar refractivity (Wildman–Crippen MR) is 64.5 cm³/mol. The normalized spacial score (nSPS) is 26.2. The molecule has 102 valence electrons. The van der Waals surface area contributed by atoms with E-state index in [1.54, 1.807) is 13.0 Å². The first-order chi connectivity index (χ1) is 8.96. The van der Waals surface area contributed by atoms with E-state index in [2.05, 4.69) is 5.32 Å². The molecule has 4 nitrogen and oxygen atoms in total. The Hall–Kier alpha value is -1.71. The van der Waals surface area contributed by atoms with Gasteiger partial charge in [-0.15, -0.1) is 0 Å². The van der Waals surface area contributed by atoms with Crippen LogP contribution in [0, 0.1) is 23.0 Å². The summed E-state index contributed by atoms with van der Waals surface area (Å²) in [6, 6.07) is 3.57. The monoisotopic (exact) mass is 268 g/mol. The van der Waals surface area contributed by atoms with E-state index < -0.39 is 23.3 Å². The minimum atomic E-state index is -1.15. The molecule has 19 heavy (non-hydrogen) atoms. The average Bonchev–Trinajstić information content (AvgIpc) is 2.68. The van der Waals surface area contributed by atoms with Gasteiger partial charge in [-0.25, -0.2) is 8.78 Å². The van der Waals surface area contributed by atoms with Crippen molar-refractivity contribution in [2.24, 2.45) is 0 Å². The molecule has 1 saturated heterocycles. The molecule has 1 aliphatic heterocycles. The van der Waals surface area contributed by atoms with E-state index >= 15 is 0 Å². The molecule has 2 N–H and O–H groups in total. The van der Waals surface area contributed by atoms with E-state index in [1.165, 1.54) is 0 Å². The summed E-state index contributed by atoms with van der Waals surface area (Å²) in [5, 5.41) is 21.4. The Labute approximate surface area is 109 Å². The summed E-state index contributed by atoms with van der Waals surface area (Å²) in [5.41, 5.74) is -1.57. The highest BCUT2D eigenvalue weighted by Crippen LogP contribution is 2.27. The van der Waals surface area contributed by atoms with Crippen LogP contribution >= 0.6 is 0 Å². The Balaban J connectivity index is 2.14. The molecule has 0 amide bonds. The molecule has 2 atom stereocenters. The Morgan fingerprint density at radius 1 is 1.53 bits per heavy atom. The molecular weight excluding hydrogens is 254 g/mol. The van der Waals surface area contributed by atoms with Crippen LogP contribution in [0.25, 0.3) is 0 Å². The van der Waals surface area contributed by atoms with Gasteiger partial charge in [-0.1, -0.05) is 0 Å². The summed E-state index contributed by atoms with van der Waals surface area (Å²) in [6.07, 6.45) is 0.00485. The number of rotatable bonds is 3. The number of ether oxygens (including phenoxy) is 1. The third kappa shape index (κ3) is 2.67. The molecule has 0 radical (unpaired) electrons. The van der Waals surface area contributed by atoms with Crippen molar-refractivity contribution in [3.05, 3.63) is 29.3 Å². The third-order valence-electron chi connectivity index (χ3n) is 3.40. The molecule has 0 aromatic heterocycles. The van der Waals surface area contributed by atoms with E-state index in [0.29, 0.717) is 13.0 Å². The van der Waals surface area contributed by atoms with Gasteiger partial charge in [0, 0.05) is 19.6 Å². The minimum absolute atomic E-state index is 0.0199. The second-order valence-corrected chi connectivity index (χ2v) is 4.65. The van der Waals surface area contributed by atoms with E-state index in [-0.39, 0.29) is 17.8 Å². The summed E-state index contributed by atoms with van der Waals surface area (Å²) in [7, 11) is 0. The summed E-state index contributed by atoms with van der Waals surface area (Å²) in [5.74, 6) is -1.71. The average molecular weight is 268 g/mol. The standard InChI is InChI=1S/C13H14F2N2O2/c1-8-13(18,2-3-19-8)7-17-12-10(14)4-9(6-16)5-11(12)15/h4-5,8,17-18H,2-3,7H2,1H3. The summed E-state index contributed by atoms with van der Waals surface area (Å²) < 4.78 is 32.5. The number of anilines is 1. The second kappa shape index (κ2) is 5.11. The van der Waals surface area contributed by atoms with E-state index in [4.69, 9.17) is 10.00 Å². The van der Waals surface area contributed by atoms with Crippen LogP contribution in [0.3, 0.4) is 0 Å². The van der Waals surface area contributed by atoms with Crippen molar-refractivity contribution in [2.75, 3.05) is 18.5 Å². The zero-order valence-electron chi connectivity index (χ0n) is 10.4. The fourth-order valence-corrected chi connectivity index (χ4v) is 2.05. The van der Waals surface area contributed by atoms with Gasteiger partial charge in [0.15, 0.2) is 11.6 Å². The van der Waals surface area contributed by atoms with Crippen LogP contribution in [0.2, 0.25) is 0 Å². The largest absolute Gasteiger partial charge is 0.385 e. The lowest BCUT2D eigenvalue weighted by atomic mass is 9.96. The Kier molecular flexibility index (Phi) is 3.69. The van der Waals surface area contributed by atoms with Gasteiger partial charge >= 0.3 is 0 Å². The fraction of sp³-hybridized carbons (Fsp3) is 0.462. The van der Waals surface area contributed by atoms with Crippen molar-refractivity contribution < 1.29 is 18.6 Å². The lowest BCUT2D eigenvalue weighted by molar-refractivity contribution is -0.0176. The highest BCUT2D eigenvalue weighted by atomic mass is 19.1. The van der Waals surface area contributed by atoms with Crippen molar-refractivity contribution in [3.8, 4) is 6.07 Å². The lowest BCUT2D eigenvalue weighted by Gasteiger charge is -2.26. The molecule has 6 heteroatoms. The van der Waals surface area contributed by atoms with Gasteiger partial charge in [0.2, 0.25) is 0 Å². The van der Waals surface area contributed by atoms with E-state index in [0.717, 1.165) is 12.1 Å². The van der Waals surface area contributed by atoms with Crippen molar-refractivity contribution in [1.82, 2.24) is 0 Å². The predicted octanol–water partition coefficient (Wildman–Crippen LogP) is 1.79. The minimum Gasteiger partial charge on any atom is -0.385 e. The molecule has 0 spiro atoms. The molecule has 1 fully saturated rings. The van der Waals surface area contributed by atoms with E-state index in [9.17, 15) is 13.9 Å². The molecule has 2 unspecified atom stereocenters. The van der Waals surface area contributed by atoms with Crippen LogP contribution in [-0.2, 0) is 4.74 Å². The summed E-state index contributed by atoms with van der Waals surface area (Å²) in [4.78, 5) is 0. The van der Waals surface area contributed by atoms with Gasteiger partial charge in [-0.05, 0) is 19.1 Å². The number of halogens is 2. The smallest absolute Gasteiger partial charge is 0.150 e. The van der Waals surface area contributed by atoms with Crippen LogP contribution in [0.15, 0.2) is 12.1 Å². The number of hydrogen-bond acceptors (Lipinski definition) is 4. The van der Waals surface area contributed by atoms with Crippen LogP contribution in [0.1, 0.15) is 18.9 Å². The molecule has 1 aromatic carbocycles. The third-order valence-corrected chi connectivity index (χ3v) is 3.40. The molecule has 0 saturated carbocycles.